The number of aryl methyl sites for hydroxylation is 4. The molecule has 0 atom stereocenters. The minimum Gasteiger partial charge on any atom is -1.00 e. The number of hydrogen-bond donors (Lipinski definition) is 0. The Labute approximate surface area is 367 Å². The summed E-state index contributed by atoms with van der Waals surface area (Å²) in [5.74, 6) is 1.81. The Hall–Kier alpha value is -2.22. The van der Waals surface area contributed by atoms with E-state index in [1.807, 2.05) is 0 Å². The fourth-order valence-electron chi connectivity index (χ4n) is 9.42. The molecule has 0 spiro atoms. The van der Waals surface area contributed by atoms with Crippen LogP contribution in [-0.2, 0) is 36.2 Å². The third kappa shape index (κ3) is 13.1. The van der Waals surface area contributed by atoms with Gasteiger partial charge in [0.2, 0.25) is 0 Å². The van der Waals surface area contributed by atoms with E-state index in [4.69, 9.17) is 0 Å². The summed E-state index contributed by atoms with van der Waals surface area (Å²) in [5.41, 5.74) is 14.1. The summed E-state index contributed by atoms with van der Waals surface area (Å²) in [6, 6.07) is 38.6. The second-order valence-electron chi connectivity index (χ2n) is 17.0. The average Bonchev–Trinajstić information content (AvgIpc) is 3.75. The SMILES string of the molecule is CCC[Si](C)=[Zr+2].Cc1cc(C)cc(-c2cccc3[cH-]c(CC4CCCCC4)cc23)c1.Cc1cc(C)cc(-c2cccc3[cH-]c(CC4CCCCC4)cc23)c1.[Cl-].[Cl-]. The van der Waals surface area contributed by atoms with E-state index >= 15 is 0 Å². The molecule has 6 aromatic carbocycles. The second kappa shape index (κ2) is 22.8. The third-order valence-electron chi connectivity index (χ3n) is 11.8. The van der Waals surface area contributed by atoms with Crippen LogP contribution in [0.2, 0.25) is 12.6 Å². The molecule has 0 radical (unpaired) electrons. The first-order valence-corrected chi connectivity index (χ1v) is 27.1. The molecule has 56 heavy (non-hydrogen) atoms. The van der Waals surface area contributed by atoms with E-state index in [1.165, 1.54) is 167 Å². The fraction of sp³-hybridized carbons (Fsp3) is 0.423. The monoisotopic (exact) mass is 876 g/mol. The van der Waals surface area contributed by atoms with Gasteiger partial charge in [0.15, 0.2) is 0 Å². The van der Waals surface area contributed by atoms with Gasteiger partial charge in [-0.25, -0.2) is 0 Å². The van der Waals surface area contributed by atoms with Gasteiger partial charge in [-0.15, -0.1) is 69.1 Å². The van der Waals surface area contributed by atoms with Gasteiger partial charge in [0.25, 0.3) is 0 Å². The van der Waals surface area contributed by atoms with Crippen LogP contribution in [0.15, 0.2) is 97.1 Å². The van der Waals surface area contributed by atoms with Crippen LogP contribution in [0.25, 0.3) is 43.8 Å². The van der Waals surface area contributed by atoms with Crippen molar-refractivity contribution in [1.29, 1.82) is 0 Å². The van der Waals surface area contributed by atoms with Gasteiger partial charge in [-0.2, -0.15) is 12.1 Å². The molecule has 2 saturated carbocycles. The van der Waals surface area contributed by atoms with Crippen molar-refractivity contribution >= 4 is 27.0 Å². The smallest absolute Gasteiger partial charge is 0.0274 e. The van der Waals surface area contributed by atoms with Gasteiger partial charge in [0, 0.05) is 0 Å². The Bertz CT molecular complexity index is 1950. The molecule has 0 heterocycles. The molecule has 2 fully saturated rings. The molecule has 4 heteroatoms. The van der Waals surface area contributed by atoms with Gasteiger partial charge in [0.05, 0.1) is 0 Å². The number of halogens is 2. The number of hydrogen-bond acceptors (Lipinski definition) is 0. The number of fused-ring (bicyclic) bond motifs is 2. The molecule has 8 rings (SSSR count). The van der Waals surface area contributed by atoms with Crippen molar-refractivity contribution in [3.8, 4) is 22.3 Å². The molecule has 2 aliphatic rings. The predicted octanol–water partition coefficient (Wildman–Crippen LogP) is 9.50. The van der Waals surface area contributed by atoms with E-state index in [-0.39, 0.29) is 30.2 Å². The van der Waals surface area contributed by atoms with Crippen molar-refractivity contribution in [2.75, 3.05) is 0 Å². The summed E-state index contributed by atoms with van der Waals surface area (Å²) < 4.78 is 0. The maximum Gasteiger partial charge on any atom is -0.0274 e. The Morgan fingerprint density at radius 3 is 1.25 bits per heavy atom. The normalized spacial score (nSPS) is 14.6. The fourth-order valence-corrected chi connectivity index (χ4v) is 12.0. The summed E-state index contributed by atoms with van der Waals surface area (Å²) >= 11 is 1.79. The van der Waals surface area contributed by atoms with E-state index in [0.717, 1.165) is 11.8 Å². The van der Waals surface area contributed by atoms with Crippen molar-refractivity contribution < 1.29 is 48.1 Å². The average molecular weight is 879 g/mol. The van der Waals surface area contributed by atoms with Crippen LogP contribution in [0.3, 0.4) is 0 Å². The number of rotatable bonds is 8. The minimum absolute atomic E-state index is 0. The quantitative estimate of drug-likeness (QED) is 0.106. The van der Waals surface area contributed by atoms with E-state index < -0.39 is 0 Å². The van der Waals surface area contributed by atoms with Gasteiger partial charge in [-0.05, 0) is 63.5 Å². The zero-order chi connectivity index (χ0) is 38.0. The van der Waals surface area contributed by atoms with Crippen LogP contribution in [0, 0.1) is 39.5 Å². The van der Waals surface area contributed by atoms with Gasteiger partial charge in [-0.1, -0.05) is 146 Å². The van der Waals surface area contributed by atoms with E-state index in [0.29, 0.717) is 0 Å². The molecule has 2 aliphatic carbocycles. The van der Waals surface area contributed by atoms with Crippen molar-refractivity contribution in [1.82, 2.24) is 0 Å². The molecule has 0 aromatic heterocycles. The maximum atomic E-state index is 2.46. The van der Waals surface area contributed by atoms with Gasteiger partial charge >= 0.3 is 54.7 Å². The molecule has 0 N–H and O–H groups in total. The van der Waals surface area contributed by atoms with E-state index in [1.54, 1.807) is 23.3 Å². The maximum absolute atomic E-state index is 2.46. The zero-order valence-electron chi connectivity index (χ0n) is 35.0. The topological polar surface area (TPSA) is 0 Å². The Kier molecular flexibility index (Phi) is 18.9. The van der Waals surface area contributed by atoms with E-state index in [2.05, 4.69) is 138 Å². The van der Waals surface area contributed by atoms with Crippen LogP contribution in [0.5, 0.6) is 0 Å². The molecule has 0 nitrogen and oxygen atoms in total. The standard InChI is InChI=1S/2C24H27.C4H10Si.2ClH.Zr/c2*1-17-11-18(2)13-22(12-17)23-10-6-9-21-15-20(16-24(21)23)14-19-7-4-3-5-8-19;1-3-4-5-2;;;/h2*6,9-13,15-16,19H,3-5,7-8,14H2,1-2H3;3-4H2,1-2H3;2*1H;/q2*-1;;;;+2/p-2. The number of benzene rings is 4. The Morgan fingerprint density at radius 1 is 0.554 bits per heavy atom. The summed E-state index contributed by atoms with van der Waals surface area (Å²) in [5, 5.41) is 5.65. The molecule has 6 aromatic rings. The van der Waals surface area contributed by atoms with Crippen LogP contribution in [0.1, 0.15) is 111 Å². The predicted molar refractivity (Wildman–Crippen MR) is 236 cm³/mol. The van der Waals surface area contributed by atoms with Crippen LogP contribution in [0.4, 0.5) is 0 Å². The molecule has 0 unspecified atom stereocenters. The molecule has 0 bridgehead atoms. The molecule has 296 valence electrons. The summed E-state index contributed by atoms with van der Waals surface area (Å²) in [6.45, 7) is 13.4. The third-order valence-corrected chi connectivity index (χ3v) is 14.9. The first-order chi connectivity index (χ1) is 26.1. The van der Waals surface area contributed by atoms with Gasteiger partial charge in [0.1, 0.15) is 0 Å². The minimum atomic E-state index is 0. The van der Waals surface area contributed by atoms with Crippen molar-refractivity contribution in [2.45, 2.75) is 131 Å². The zero-order valence-corrected chi connectivity index (χ0v) is 40.0. The molecule has 0 aliphatic heterocycles. The largest absolute Gasteiger partial charge is 1.00 e. The molecule has 0 saturated heterocycles. The van der Waals surface area contributed by atoms with Crippen LogP contribution >= 0.6 is 0 Å². The van der Waals surface area contributed by atoms with E-state index in [9.17, 15) is 0 Å². The van der Waals surface area contributed by atoms with Crippen molar-refractivity contribution in [2.24, 2.45) is 11.8 Å². The summed E-state index contributed by atoms with van der Waals surface area (Å²) in [4.78, 5) is 0. The first kappa shape index (κ1) is 46.5. The molecular weight excluding hydrogens is 815 g/mol. The molecule has 0 amide bonds. The van der Waals surface area contributed by atoms with Gasteiger partial charge in [-0.3, -0.25) is 0 Å². The summed E-state index contributed by atoms with van der Waals surface area (Å²) in [6.07, 6.45) is 18.2. The summed E-state index contributed by atoms with van der Waals surface area (Å²) in [7, 11) is 0. The first-order valence-electron chi connectivity index (χ1n) is 21.2. The van der Waals surface area contributed by atoms with Crippen LogP contribution in [-0.4, -0.2) is 5.43 Å². The Balaban J connectivity index is 0.000000211. The molecular formula is C52H64Cl2SiZr-2. The van der Waals surface area contributed by atoms with Crippen molar-refractivity contribution in [3.05, 3.63) is 130 Å². The Morgan fingerprint density at radius 2 is 0.929 bits per heavy atom. The van der Waals surface area contributed by atoms with Gasteiger partial charge < -0.3 is 24.8 Å². The second-order valence-corrected chi connectivity index (χ2v) is 25.4. The van der Waals surface area contributed by atoms with Crippen molar-refractivity contribution in [3.63, 3.8) is 0 Å². The van der Waals surface area contributed by atoms with Crippen LogP contribution < -0.4 is 24.8 Å².